The molecular weight excluding hydrogens is 400 g/mol. The van der Waals surface area contributed by atoms with E-state index < -0.39 is 0 Å². The van der Waals surface area contributed by atoms with Gasteiger partial charge in [-0.25, -0.2) is 9.97 Å². The zero-order valence-corrected chi connectivity index (χ0v) is 17.8. The number of ether oxygens (including phenoxy) is 2. The molecule has 0 spiro atoms. The first-order chi connectivity index (χ1) is 15.0. The fourth-order valence-electron chi connectivity index (χ4n) is 3.32. The molecule has 0 radical (unpaired) electrons. The summed E-state index contributed by atoms with van der Waals surface area (Å²) in [5.41, 5.74) is 7.36. The Morgan fingerprint density at radius 1 is 1.23 bits per heavy atom. The first-order valence-corrected chi connectivity index (χ1v) is 10.1. The van der Waals surface area contributed by atoms with Gasteiger partial charge in [-0.05, 0) is 25.1 Å². The average Bonchev–Trinajstić information content (AvgIpc) is 3.29. The molecule has 0 bridgehead atoms. The summed E-state index contributed by atoms with van der Waals surface area (Å²) >= 11 is 0. The number of piperazine rings is 1. The molecule has 0 unspecified atom stereocenters. The molecule has 0 aliphatic carbocycles. The number of nitrogens with two attached hydrogens (primary N) is 1. The number of anilines is 3. The fraction of sp³-hybridized carbons (Fsp3) is 0.450. The molecule has 164 valence electrons. The number of nitrogens with zero attached hydrogens (tertiary/aromatic N) is 7. The molecule has 1 aliphatic rings. The molecule has 4 heterocycles. The Kier molecular flexibility index (Phi) is 6.12. The lowest BCUT2D eigenvalue weighted by Crippen LogP contribution is -2.53. The van der Waals surface area contributed by atoms with E-state index in [1.54, 1.807) is 31.9 Å². The monoisotopic (exact) mass is 426 g/mol. The van der Waals surface area contributed by atoms with Crippen LogP contribution >= 0.6 is 0 Å². The van der Waals surface area contributed by atoms with Gasteiger partial charge in [-0.2, -0.15) is 4.98 Å². The molecule has 4 rings (SSSR count). The number of hydrogen-bond acceptors (Lipinski definition) is 11. The van der Waals surface area contributed by atoms with Crippen LogP contribution in [0.5, 0.6) is 5.75 Å². The maximum Gasteiger partial charge on any atom is 0.266 e. The van der Waals surface area contributed by atoms with E-state index in [9.17, 15) is 0 Å². The fourth-order valence-corrected chi connectivity index (χ4v) is 3.32. The van der Waals surface area contributed by atoms with Gasteiger partial charge < -0.3 is 29.5 Å². The first kappa shape index (κ1) is 20.8. The van der Waals surface area contributed by atoms with Gasteiger partial charge in [0.1, 0.15) is 12.7 Å². The van der Waals surface area contributed by atoms with Crippen molar-refractivity contribution in [3.63, 3.8) is 0 Å². The van der Waals surface area contributed by atoms with Crippen molar-refractivity contribution >= 4 is 17.6 Å². The first-order valence-electron chi connectivity index (χ1n) is 10.1. The second-order valence-corrected chi connectivity index (χ2v) is 7.38. The van der Waals surface area contributed by atoms with Gasteiger partial charge in [0.15, 0.2) is 5.75 Å². The molecule has 31 heavy (non-hydrogen) atoms. The lowest BCUT2D eigenvalue weighted by molar-refractivity contribution is 0.0886. The van der Waals surface area contributed by atoms with Crippen molar-refractivity contribution in [3.05, 3.63) is 42.3 Å². The van der Waals surface area contributed by atoms with Crippen molar-refractivity contribution in [2.75, 3.05) is 42.3 Å². The van der Waals surface area contributed by atoms with Gasteiger partial charge in [-0.3, -0.25) is 4.98 Å². The smallest absolute Gasteiger partial charge is 0.266 e. The summed E-state index contributed by atoms with van der Waals surface area (Å²) in [6.45, 7) is 6.51. The van der Waals surface area contributed by atoms with Crippen molar-refractivity contribution in [1.82, 2.24) is 25.1 Å². The average molecular weight is 426 g/mol. The molecule has 2 atom stereocenters. The Morgan fingerprint density at radius 2 is 2.03 bits per heavy atom. The zero-order valence-electron chi connectivity index (χ0n) is 17.8. The molecule has 1 fully saturated rings. The van der Waals surface area contributed by atoms with Crippen LogP contribution in [0.4, 0.5) is 17.6 Å². The van der Waals surface area contributed by atoms with Crippen LogP contribution < -0.4 is 20.3 Å². The molecule has 3 aromatic rings. The summed E-state index contributed by atoms with van der Waals surface area (Å²) < 4.78 is 16.3. The van der Waals surface area contributed by atoms with Crippen LogP contribution in [0.25, 0.3) is 0 Å². The molecule has 2 N–H and O–H groups in total. The molecular formula is C20H26N8O3. The van der Waals surface area contributed by atoms with Crippen LogP contribution in [-0.4, -0.2) is 57.9 Å². The van der Waals surface area contributed by atoms with Crippen molar-refractivity contribution in [2.45, 2.75) is 32.6 Å². The van der Waals surface area contributed by atoms with Gasteiger partial charge in [0.05, 0.1) is 24.3 Å². The van der Waals surface area contributed by atoms with Gasteiger partial charge >= 0.3 is 0 Å². The third-order valence-electron chi connectivity index (χ3n) is 5.25. The predicted molar refractivity (Wildman–Crippen MR) is 114 cm³/mol. The molecule has 1 saturated heterocycles. The van der Waals surface area contributed by atoms with Crippen molar-refractivity contribution in [2.24, 2.45) is 0 Å². The van der Waals surface area contributed by atoms with Crippen LogP contribution in [0.15, 0.2) is 35.4 Å². The van der Waals surface area contributed by atoms with E-state index in [4.69, 9.17) is 19.7 Å². The minimum atomic E-state index is -0.232. The van der Waals surface area contributed by atoms with E-state index in [1.165, 1.54) is 0 Å². The zero-order chi connectivity index (χ0) is 21.8. The summed E-state index contributed by atoms with van der Waals surface area (Å²) in [4.78, 5) is 21.6. The highest BCUT2D eigenvalue weighted by Gasteiger charge is 2.28. The summed E-state index contributed by atoms with van der Waals surface area (Å²) in [5.74, 6) is 2.29. The number of nitrogen functional groups attached to an aromatic ring is 1. The van der Waals surface area contributed by atoms with Gasteiger partial charge in [0, 0.05) is 44.5 Å². The topological polar surface area (TPSA) is 129 Å². The third kappa shape index (κ3) is 4.66. The summed E-state index contributed by atoms with van der Waals surface area (Å²) in [6.07, 6.45) is 6.41. The predicted octanol–water partition coefficient (Wildman–Crippen LogP) is 1.84. The standard InChI is InChI=1S/C20H26N8O3/c1-13-11-27(20-25-18(31-26-20)14(2)29-3)6-7-28(13)19-23-8-16(9-24-19)30-12-15-4-5-22-10-17(15)21/h4-5,8-10,13-14H,6-7,11-12,21H2,1-3H3/t13-,14-/m1/s1. The van der Waals surface area contributed by atoms with Crippen LogP contribution in [0.2, 0.25) is 0 Å². The molecule has 11 nitrogen and oxygen atoms in total. The second kappa shape index (κ2) is 9.13. The summed E-state index contributed by atoms with van der Waals surface area (Å²) in [6, 6.07) is 1.99. The van der Waals surface area contributed by atoms with Gasteiger partial charge in [-0.15, -0.1) is 0 Å². The Hall–Kier alpha value is -3.47. The number of hydrogen-bond donors (Lipinski definition) is 1. The lowest BCUT2D eigenvalue weighted by atomic mass is 10.2. The van der Waals surface area contributed by atoms with E-state index in [-0.39, 0.29) is 12.1 Å². The highest BCUT2D eigenvalue weighted by molar-refractivity contribution is 5.43. The van der Waals surface area contributed by atoms with Gasteiger partial charge in [-0.1, -0.05) is 0 Å². The molecule has 1 aliphatic heterocycles. The second-order valence-electron chi connectivity index (χ2n) is 7.38. The van der Waals surface area contributed by atoms with E-state index in [2.05, 4.69) is 41.8 Å². The van der Waals surface area contributed by atoms with Crippen molar-refractivity contribution < 1.29 is 14.0 Å². The number of aromatic nitrogens is 5. The molecule has 0 amide bonds. The van der Waals surface area contributed by atoms with Crippen LogP contribution in [-0.2, 0) is 11.3 Å². The van der Waals surface area contributed by atoms with E-state index in [0.29, 0.717) is 35.8 Å². The van der Waals surface area contributed by atoms with Gasteiger partial charge in [0.25, 0.3) is 11.8 Å². The highest BCUT2D eigenvalue weighted by Crippen LogP contribution is 2.23. The Bertz CT molecular complexity index is 996. The number of methoxy groups -OCH3 is 1. The van der Waals surface area contributed by atoms with Crippen LogP contribution in [0, 0.1) is 0 Å². The maximum absolute atomic E-state index is 5.89. The van der Waals surface area contributed by atoms with E-state index >= 15 is 0 Å². The largest absolute Gasteiger partial charge is 0.486 e. The maximum atomic E-state index is 5.89. The molecule has 11 heteroatoms. The Morgan fingerprint density at radius 3 is 2.74 bits per heavy atom. The van der Waals surface area contributed by atoms with Crippen LogP contribution in [0.3, 0.4) is 0 Å². The normalized spacial score (nSPS) is 17.6. The minimum absolute atomic E-state index is 0.166. The quantitative estimate of drug-likeness (QED) is 0.594. The van der Waals surface area contributed by atoms with E-state index in [1.807, 2.05) is 13.0 Å². The third-order valence-corrected chi connectivity index (χ3v) is 5.25. The van der Waals surface area contributed by atoms with E-state index in [0.717, 1.165) is 25.2 Å². The van der Waals surface area contributed by atoms with Crippen molar-refractivity contribution in [3.8, 4) is 5.75 Å². The van der Waals surface area contributed by atoms with Gasteiger partial charge in [0.2, 0.25) is 5.95 Å². The highest BCUT2D eigenvalue weighted by atomic mass is 16.5. The lowest BCUT2D eigenvalue weighted by Gasteiger charge is -2.39. The SMILES string of the molecule is CO[C@H](C)c1nc(N2CCN(c3ncc(OCc4ccncc4N)cn3)[C@H](C)C2)no1. The minimum Gasteiger partial charge on any atom is -0.486 e. The molecule has 0 saturated carbocycles. The number of pyridine rings is 1. The Labute approximate surface area is 180 Å². The summed E-state index contributed by atoms with van der Waals surface area (Å²) in [7, 11) is 1.61. The molecule has 0 aromatic carbocycles. The molecule has 3 aromatic heterocycles. The summed E-state index contributed by atoms with van der Waals surface area (Å²) in [5, 5.41) is 4.09. The van der Waals surface area contributed by atoms with Crippen molar-refractivity contribution in [1.29, 1.82) is 0 Å². The number of rotatable bonds is 7. The van der Waals surface area contributed by atoms with Crippen LogP contribution in [0.1, 0.15) is 31.4 Å². The Balaban J connectivity index is 1.35.